The van der Waals surface area contributed by atoms with Gasteiger partial charge in [-0.3, -0.25) is 20.4 Å². The van der Waals surface area contributed by atoms with E-state index in [1.165, 1.54) is 71.1 Å². The standard InChI is InChI=1S/C21H38N2O4/c1-4-5-6-7-8-9-10-11-12-13-14-15-16-17-27-21(26)20(25)23-22-19(24)18(2)3/h2,4-17H2,1,3H3,(H,22,24)(H,23,25). The third-order valence-electron chi connectivity index (χ3n) is 4.34. The maximum atomic E-state index is 11.4. The van der Waals surface area contributed by atoms with E-state index >= 15 is 0 Å². The molecule has 0 saturated carbocycles. The van der Waals surface area contributed by atoms with Gasteiger partial charge in [0.1, 0.15) is 0 Å². The first kappa shape index (κ1) is 25.1. The van der Waals surface area contributed by atoms with E-state index in [0.717, 1.165) is 19.3 Å². The summed E-state index contributed by atoms with van der Waals surface area (Å²) in [6.45, 7) is 7.38. The van der Waals surface area contributed by atoms with Crippen LogP contribution in [0.25, 0.3) is 0 Å². The third-order valence-corrected chi connectivity index (χ3v) is 4.34. The predicted octanol–water partition coefficient (Wildman–Crippen LogP) is 4.34. The molecule has 6 heteroatoms. The smallest absolute Gasteiger partial charge is 0.398 e. The van der Waals surface area contributed by atoms with Gasteiger partial charge < -0.3 is 4.74 Å². The van der Waals surface area contributed by atoms with Gasteiger partial charge in [-0.1, -0.05) is 90.6 Å². The molecule has 0 aliphatic carbocycles. The third kappa shape index (κ3) is 16.1. The highest BCUT2D eigenvalue weighted by atomic mass is 16.5. The van der Waals surface area contributed by atoms with Crippen molar-refractivity contribution in [2.24, 2.45) is 0 Å². The number of hydrogen-bond acceptors (Lipinski definition) is 4. The number of carbonyl (C=O) groups excluding carboxylic acids is 3. The highest BCUT2D eigenvalue weighted by Gasteiger charge is 2.15. The number of hydrazine groups is 1. The second-order valence-electron chi connectivity index (χ2n) is 7.07. The molecule has 0 aliphatic rings. The first-order chi connectivity index (χ1) is 13.0. The summed E-state index contributed by atoms with van der Waals surface area (Å²) < 4.78 is 4.87. The number of carbonyl (C=O) groups is 3. The van der Waals surface area contributed by atoms with Gasteiger partial charge in [-0.25, -0.2) is 4.79 Å². The van der Waals surface area contributed by atoms with Crippen LogP contribution in [-0.4, -0.2) is 24.4 Å². The lowest BCUT2D eigenvalue weighted by atomic mass is 10.0. The molecule has 156 valence electrons. The van der Waals surface area contributed by atoms with Crippen molar-refractivity contribution in [3.05, 3.63) is 12.2 Å². The van der Waals surface area contributed by atoms with Gasteiger partial charge in [-0.2, -0.15) is 0 Å². The predicted molar refractivity (Wildman–Crippen MR) is 108 cm³/mol. The molecule has 0 saturated heterocycles. The first-order valence-electron chi connectivity index (χ1n) is 10.4. The number of hydrogen-bond donors (Lipinski definition) is 2. The van der Waals surface area contributed by atoms with Crippen molar-refractivity contribution in [3.63, 3.8) is 0 Å². The minimum Gasteiger partial charge on any atom is -0.459 e. The Bertz CT molecular complexity index is 449. The topological polar surface area (TPSA) is 84.5 Å². The number of unbranched alkanes of at least 4 members (excludes halogenated alkanes) is 12. The van der Waals surface area contributed by atoms with Crippen molar-refractivity contribution in [1.82, 2.24) is 10.9 Å². The van der Waals surface area contributed by atoms with Crippen LogP contribution in [0.4, 0.5) is 0 Å². The van der Waals surface area contributed by atoms with Crippen LogP contribution in [0, 0.1) is 0 Å². The van der Waals surface area contributed by atoms with Crippen LogP contribution in [0.5, 0.6) is 0 Å². The summed E-state index contributed by atoms with van der Waals surface area (Å²) in [5.41, 5.74) is 4.30. The molecule has 6 nitrogen and oxygen atoms in total. The molecule has 0 spiro atoms. The lowest BCUT2D eigenvalue weighted by molar-refractivity contribution is -0.155. The molecular formula is C21H38N2O4. The SMILES string of the molecule is C=C(C)C(=O)NNC(=O)C(=O)OCCCCCCCCCCCCCCC. The summed E-state index contributed by atoms with van der Waals surface area (Å²) in [4.78, 5) is 34.0. The van der Waals surface area contributed by atoms with Crippen LogP contribution >= 0.6 is 0 Å². The Morgan fingerprint density at radius 3 is 1.56 bits per heavy atom. The van der Waals surface area contributed by atoms with Crippen molar-refractivity contribution in [2.45, 2.75) is 97.3 Å². The van der Waals surface area contributed by atoms with Gasteiger partial charge in [-0.05, 0) is 13.3 Å². The molecule has 0 aliphatic heterocycles. The Kier molecular flexibility index (Phi) is 16.4. The van der Waals surface area contributed by atoms with E-state index in [1.54, 1.807) is 0 Å². The van der Waals surface area contributed by atoms with Crippen LogP contribution in [0.1, 0.15) is 97.3 Å². The Hall–Kier alpha value is -1.85. The van der Waals surface area contributed by atoms with Crippen molar-refractivity contribution in [1.29, 1.82) is 0 Å². The van der Waals surface area contributed by atoms with Gasteiger partial charge in [0.2, 0.25) is 0 Å². The first-order valence-corrected chi connectivity index (χ1v) is 10.4. The molecule has 0 aromatic heterocycles. The summed E-state index contributed by atoms with van der Waals surface area (Å²) in [6.07, 6.45) is 16.1. The molecule has 0 unspecified atom stereocenters. The molecule has 0 rings (SSSR count). The number of esters is 1. The molecule has 0 aromatic carbocycles. The van der Waals surface area contributed by atoms with Crippen LogP contribution in [0.3, 0.4) is 0 Å². The average Bonchev–Trinajstić information content (AvgIpc) is 2.65. The molecule has 0 aromatic rings. The van der Waals surface area contributed by atoms with Gasteiger partial charge >= 0.3 is 11.9 Å². The number of rotatable bonds is 15. The molecule has 2 N–H and O–H groups in total. The highest BCUT2D eigenvalue weighted by Crippen LogP contribution is 2.12. The van der Waals surface area contributed by atoms with E-state index in [0.29, 0.717) is 0 Å². The van der Waals surface area contributed by atoms with E-state index in [4.69, 9.17) is 4.74 Å². The minimum absolute atomic E-state index is 0.221. The molecule has 0 heterocycles. The highest BCUT2D eigenvalue weighted by molar-refractivity contribution is 6.32. The molecule has 2 amide bonds. The Balaban J connectivity index is 3.38. The summed E-state index contributed by atoms with van der Waals surface area (Å²) in [6, 6.07) is 0. The maximum Gasteiger partial charge on any atom is 0.398 e. The minimum atomic E-state index is -0.990. The van der Waals surface area contributed by atoms with Crippen molar-refractivity contribution < 1.29 is 19.1 Å². The average molecular weight is 383 g/mol. The van der Waals surface area contributed by atoms with Crippen LogP contribution in [0.15, 0.2) is 12.2 Å². The zero-order chi connectivity index (χ0) is 20.3. The molecular weight excluding hydrogens is 344 g/mol. The van der Waals surface area contributed by atoms with Gasteiger partial charge in [0.15, 0.2) is 0 Å². The Labute approximate surface area is 164 Å². The monoisotopic (exact) mass is 382 g/mol. The lowest BCUT2D eigenvalue weighted by Gasteiger charge is -2.07. The summed E-state index contributed by atoms with van der Waals surface area (Å²) >= 11 is 0. The fourth-order valence-electron chi connectivity index (χ4n) is 2.62. The Morgan fingerprint density at radius 1 is 0.704 bits per heavy atom. The van der Waals surface area contributed by atoms with E-state index in [2.05, 4.69) is 18.9 Å². The normalized spacial score (nSPS) is 10.3. The van der Waals surface area contributed by atoms with Gasteiger partial charge in [0.25, 0.3) is 5.91 Å². The van der Waals surface area contributed by atoms with E-state index in [-0.39, 0.29) is 12.2 Å². The zero-order valence-electron chi connectivity index (χ0n) is 17.2. The fourth-order valence-corrected chi connectivity index (χ4v) is 2.62. The van der Waals surface area contributed by atoms with Crippen LogP contribution in [-0.2, 0) is 19.1 Å². The largest absolute Gasteiger partial charge is 0.459 e. The molecule has 0 atom stereocenters. The maximum absolute atomic E-state index is 11.4. The van der Waals surface area contributed by atoms with Crippen molar-refractivity contribution in [2.75, 3.05) is 6.61 Å². The second-order valence-corrected chi connectivity index (χ2v) is 7.07. The van der Waals surface area contributed by atoms with Crippen LogP contribution < -0.4 is 10.9 Å². The zero-order valence-corrected chi connectivity index (χ0v) is 17.2. The van der Waals surface area contributed by atoms with E-state index < -0.39 is 17.8 Å². The quantitative estimate of drug-likeness (QED) is 0.145. The van der Waals surface area contributed by atoms with Crippen molar-refractivity contribution in [3.8, 4) is 0 Å². The van der Waals surface area contributed by atoms with Gasteiger partial charge in [0, 0.05) is 5.57 Å². The van der Waals surface area contributed by atoms with Gasteiger partial charge in [-0.15, -0.1) is 0 Å². The van der Waals surface area contributed by atoms with Crippen LogP contribution in [0.2, 0.25) is 0 Å². The van der Waals surface area contributed by atoms with Gasteiger partial charge in [0.05, 0.1) is 6.61 Å². The summed E-state index contributed by atoms with van der Waals surface area (Å²) in [7, 11) is 0. The summed E-state index contributed by atoms with van der Waals surface area (Å²) in [5, 5.41) is 0. The number of nitrogens with one attached hydrogen (secondary N) is 2. The fraction of sp³-hybridized carbons (Fsp3) is 0.762. The lowest BCUT2D eigenvalue weighted by Crippen LogP contribution is -2.45. The summed E-state index contributed by atoms with van der Waals surface area (Å²) in [5.74, 6) is -2.53. The molecule has 0 fully saturated rings. The van der Waals surface area contributed by atoms with Crippen molar-refractivity contribution >= 4 is 17.8 Å². The number of amides is 2. The number of ether oxygens (including phenoxy) is 1. The van der Waals surface area contributed by atoms with E-state index in [1.807, 2.05) is 5.43 Å². The second kappa shape index (κ2) is 17.6. The van der Waals surface area contributed by atoms with E-state index in [9.17, 15) is 14.4 Å². The molecule has 0 radical (unpaired) electrons. The Morgan fingerprint density at radius 2 is 1.11 bits per heavy atom. The molecule has 27 heavy (non-hydrogen) atoms. The molecule has 0 bridgehead atoms.